The van der Waals surface area contributed by atoms with Crippen molar-refractivity contribution >= 4 is 11.6 Å². The molecular weight excluding hydrogens is 426 g/mol. The minimum absolute atomic E-state index is 0.191. The van der Waals surface area contributed by atoms with E-state index in [2.05, 4.69) is 53.8 Å². The average Bonchev–Trinajstić information content (AvgIpc) is 3.45. The SMILES string of the molecule is CCN1CC(C(=O)N(C)C2CCC(c3[nH]nc(-c4cc(C)c5ncnn5c4)c3C(C)C)CC2)C1. The van der Waals surface area contributed by atoms with Crippen molar-refractivity contribution in [2.45, 2.75) is 71.3 Å². The summed E-state index contributed by atoms with van der Waals surface area (Å²) in [6.07, 6.45) is 7.88. The number of rotatable bonds is 6. The summed E-state index contributed by atoms with van der Waals surface area (Å²) in [5.41, 5.74) is 6.64. The molecule has 8 nitrogen and oxygen atoms in total. The number of hydrogen-bond acceptors (Lipinski definition) is 5. The maximum atomic E-state index is 12.9. The summed E-state index contributed by atoms with van der Waals surface area (Å²) < 4.78 is 1.84. The first-order chi connectivity index (χ1) is 16.4. The fourth-order valence-electron chi connectivity index (χ4n) is 5.91. The van der Waals surface area contributed by atoms with Crippen molar-refractivity contribution in [3.63, 3.8) is 0 Å². The normalized spacial score (nSPS) is 21.8. The number of nitrogens with one attached hydrogen (secondary N) is 1. The van der Waals surface area contributed by atoms with Gasteiger partial charge in [0.2, 0.25) is 5.91 Å². The number of aromatic nitrogens is 5. The van der Waals surface area contributed by atoms with E-state index in [1.54, 1.807) is 6.33 Å². The first kappa shape index (κ1) is 23.0. The lowest BCUT2D eigenvalue weighted by Crippen LogP contribution is -2.55. The molecule has 3 aromatic heterocycles. The Morgan fingerprint density at radius 2 is 1.97 bits per heavy atom. The predicted molar refractivity (Wildman–Crippen MR) is 133 cm³/mol. The van der Waals surface area contributed by atoms with Gasteiger partial charge in [0.15, 0.2) is 5.65 Å². The van der Waals surface area contributed by atoms with Crippen molar-refractivity contribution in [1.82, 2.24) is 34.6 Å². The second-order valence-electron chi connectivity index (χ2n) is 10.5. The largest absolute Gasteiger partial charge is 0.342 e. The van der Waals surface area contributed by atoms with E-state index in [0.29, 0.717) is 23.8 Å². The molecule has 1 N–H and O–H groups in total. The molecule has 182 valence electrons. The van der Waals surface area contributed by atoms with Gasteiger partial charge in [0.25, 0.3) is 0 Å². The molecule has 34 heavy (non-hydrogen) atoms. The molecule has 0 aromatic carbocycles. The number of pyridine rings is 1. The highest BCUT2D eigenvalue weighted by molar-refractivity contribution is 5.80. The number of H-pyrrole nitrogens is 1. The molecule has 0 radical (unpaired) electrons. The van der Waals surface area contributed by atoms with Gasteiger partial charge in [0.05, 0.1) is 11.6 Å². The van der Waals surface area contributed by atoms with Crippen LogP contribution in [0.2, 0.25) is 0 Å². The first-order valence-corrected chi connectivity index (χ1v) is 12.7. The smallest absolute Gasteiger partial charge is 0.228 e. The quantitative estimate of drug-likeness (QED) is 0.598. The zero-order valence-corrected chi connectivity index (χ0v) is 21.1. The lowest BCUT2D eigenvalue weighted by Gasteiger charge is -2.42. The third-order valence-corrected chi connectivity index (χ3v) is 8.00. The highest BCUT2D eigenvalue weighted by Crippen LogP contribution is 2.40. The molecule has 5 rings (SSSR count). The van der Waals surface area contributed by atoms with Gasteiger partial charge in [0, 0.05) is 55.1 Å². The number of aryl methyl sites for hydroxylation is 1. The van der Waals surface area contributed by atoms with Crippen molar-refractivity contribution in [3.8, 4) is 11.3 Å². The van der Waals surface area contributed by atoms with Crippen LogP contribution in [-0.2, 0) is 4.79 Å². The summed E-state index contributed by atoms with van der Waals surface area (Å²) in [4.78, 5) is 21.6. The van der Waals surface area contributed by atoms with Gasteiger partial charge in [-0.15, -0.1) is 0 Å². The Kier molecular flexibility index (Phi) is 6.18. The molecule has 0 unspecified atom stereocenters. The fraction of sp³-hybridized carbons (Fsp3) is 0.615. The van der Waals surface area contributed by atoms with Crippen molar-refractivity contribution in [1.29, 1.82) is 0 Å². The fourth-order valence-corrected chi connectivity index (χ4v) is 5.91. The van der Waals surface area contributed by atoms with E-state index in [9.17, 15) is 4.79 Å². The van der Waals surface area contributed by atoms with Crippen molar-refractivity contribution in [2.75, 3.05) is 26.7 Å². The van der Waals surface area contributed by atoms with Crippen LogP contribution in [-0.4, -0.2) is 73.2 Å². The van der Waals surface area contributed by atoms with E-state index < -0.39 is 0 Å². The summed E-state index contributed by atoms with van der Waals surface area (Å²) in [6, 6.07) is 2.51. The molecule has 2 aliphatic rings. The van der Waals surface area contributed by atoms with Crippen LogP contribution in [0.15, 0.2) is 18.6 Å². The Morgan fingerprint density at radius 1 is 1.24 bits per heavy atom. The third-order valence-electron chi connectivity index (χ3n) is 8.00. The number of carbonyl (C=O) groups is 1. The highest BCUT2D eigenvalue weighted by Gasteiger charge is 2.37. The number of likely N-dealkylation sites (tertiary alicyclic amines) is 1. The van der Waals surface area contributed by atoms with Gasteiger partial charge in [-0.3, -0.25) is 9.89 Å². The zero-order chi connectivity index (χ0) is 24.0. The highest BCUT2D eigenvalue weighted by atomic mass is 16.2. The molecule has 0 bridgehead atoms. The standard InChI is InChI=1S/C26H37N7O/c1-6-32-12-20(13-32)26(34)31(5)21-9-7-18(8-10-21)23-22(16(2)3)24(30-29-23)19-11-17(4)25-27-15-28-33(25)14-19/h11,14-16,18,20-21H,6-10,12-13H2,1-5H3,(H,29,30). The molecule has 1 aliphatic carbocycles. The molecular formula is C26H37N7O. The predicted octanol–water partition coefficient (Wildman–Crippen LogP) is 3.99. The van der Waals surface area contributed by atoms with Crippen molar-refractivity contribution < 1.29 is 4.79 Å². The minimum Gasteiger partial charge on any atom is -0.342 e. The molecule has 1 saturated heterocycles. The minimum atomic E-state index is 0.191. The lowest BCUT2D eigenvalue weighted by molar-refractivity contribution is -0.142. The molecule has 4 heterocycles. The van der Waals surface area contributed by atoms with Gasteiger partial charge in [-0.25, -0.2) is 9.50 Å². The second-order valence-corrected chi connectivity index (χ2v) is 10.5. The molecule has 3 aromatic rings. The molecule has 1 aliphatic heterocycles. The Balaban J connectivity index is 1.31. The number of amides is 1. The molecule has 8 heteroatoms. The average molecular weight is 464 g/mol. The molecule has 1 saturated carbocycles. The number of hydrogen-bond donors (Lipinski definition) is 1. The molecule has 1 amide bonds. The summed E-state index contributed by atoms with van der Waals surface area (Å²) >= 11 is 0. The first-order valence-electron chi connectivity index (χ1n) is 12.7. The molecule has 2 fully saturated rings. The monoisotopic (exact) mass is 463 g/mol. The van der Waals surface area contributed by atoms with Gasteiger partial charge in [-0.2, -0.15) is 10.2 Å². The van der Waals surface area contributed by atoms with Crippen LogP contribution in [0.3, 0.4) is 0 Å². The third kappa shape index (κ3) is 4.02. The molecule has 0 spiro atoms. The number of nitrogens with zero attached hydrogens (tertiary/aromatic N) is 6. The van der Waals surface area contributed by atoms with E-state index in [0.717, 1.165) is 67.8 Å². The van der Waals surface area contributed by atoms with Crippen LogP contribution in [0.25, 0.3) is 16.9 Å². The Hall–Kier alpha value is -2.74. The summed E-state index contributed by atoms with van der Waals surface area (Å²) in [5, 5.41) is 12.6. The van der Waals surface area contributed by atoms with Crippen LogP contribution in [0.5, 0.6) is 0 Å². The number of fused-ring (bicyclic) bond motifs is 1. The van der Waals surface area contributed by atoms with Gasteiger partial charge in [-0.05, 0) is 56.7 Å². The van der Waals surface area contributed by atoms with Gasteiger partial charge in [0.1, 0.15) is 6.33 Å². The van der Waals surface area contributed by atoms with Crippen LogP contribution >= 0.6 is 0 Å². The van der Waals surface area contributed by atoms with Crippen LogP contribution in [0.4, 0.5) is 0 Å². The summed E-state index contributed by atoms with van der Waals surface area (Å²) in [6.45, 7) is 11.6. The molecule has 0 atom stereocenters. The maximum absolute atomic E-state index is 12.9. The Morgan fingerprint density at radius 3 is 2.65 bits per heavy atom. The van der Waals surface area contributed by atoms with Gasteiger partial charge >= 0.3 is 0 Å². The Labute approximate surface area is 201 Å². The lowest BCUT2D eigenvalue weighted by atomic mass is 9.80. The summed E-state index contributed by atoms with van der Waals surface area (Å²) in [7, 11) is 2.01. The van der Waals surface area contributed by atoms with Gasteiger partial charge < -0.3 is 9.80 Å². The van der Waals surface area contributed by atoms with Gasteiger partial charge in [-0.1, -0.05) is 20.8 Å². The Bertz CT molecular complexity index is 1170. The van der Waals surface area contributed by atoms with Crippen LogP contribution in [0, 0.1) is 12.8 Å². The van der Waals surface area contributed by atoms with Crippen molar-refractivity contribution in [2.24, 2.45) is 5.92 Å². The van der Waals surface area contributed by atoms with E-state index >= 15 is 0 Å². The zero-order valence-electron chi connectivity index (χ0n) is 21.1. The second kappa shape index (κ2) is 9.13. The van der Waals surface area contributed by atoms with Crippen molar-refractivity contribution in [3.05, 3.63) is 35.4 Å². The topological polar surface area (TPSA) is 82.4 Å². The van der Waals surface area contributed by atoms with E-state index in [4.69, 9.17) is 5.10 Å². The van der Waals surface area contributed by atoms with Crippen LogP contribution < -0.4 is 0 Å². The number of aromatic amines is 1. The van der Waals surface area contributed by atoms with E-state index in [-0.39, 0.29) is 5.92 Å². The maximum Gasteiger partial charge on any atom is 0.228 e. The van der Waals surface area contributed by atoms with E-state index in [1.807, 2.05) is 22.7 Å². The van der Waals surface area contributed by atoms with Crippen LogP contribution in [0.1, 0.15) is 75.1 Å². The van der Waals surface area contributed by atoms with E-state index in [1.165, 1.54) is 11.3 Å². The summed E-state index contributed by atoms with van der Waals surface area (Å²) in [5.74, 6) is 1.33. The number of carbonyl (C=O) groups excluding carboxylic acids is 1.